The van der Waals surface area contributed by atoms with Gasteiger partial charge in [-0.15, -0.1) is 0 Å². The molecule has 0 aromatic heterocycles. The molecule has 2 rings (SSSR count). The Hall–Kier alpha value is -2.49. The third-order valence-corrected chi connectivity index (χ3v) is 4.11. The minimum absolute atomic E-state index is 0.148. The molecule has 2 aromatic carbocycles. The molecule has 0 spiro atoms. The molecule has 4 heteroatoms. The van der Waals surface area contributed by atoms with Crippen molar-refractivity contribution < 1.29 is 14.0 Å². The largest absolute Gasteiger partial charge is 0.346 e. The van der Waals surface area contributed by atoms with E-state index >= 15 is 0 Å². The molecule has 0 saturated heterocycles. The van der Waals surface area contributed by atoms with Crippen LogP contribution in [0.4, 0.5) is 4.39 Å². The molecule has 1 amide bonds. The minimum atomic E-state index is -0.305. The Labute approximate surface area is 155 Å². The van der Waals surface area contributed by atoms with Crippen LogP contribution in [0.2, 0.25) is 0 Å². The van der Waals surface area contributed by atoms with Gasteiger partial charge in [-0.05, 0) is 54.8 Å². The van der Waals surface area contributed by atoms with Gasteiger partial charge in [0.25, 0.3) is 5.91 Å². The standard InChI is InChI=1S/C20H22FNO2.C2H6/c1-4-19(23)12-17-11-16(6-5-13(17)2)20(24)22-14(3)15-7-9-18(21)10-8-15;1-2/h5-11,14H,4,12H2,1-3H3,(H,22,24);1-2H3. The molecular weight excluding hydrogens is 329 g/mol. The third kappa shape index (κ3) is 6.10. The predicted molar refractivity (Wildman–Crippen MR) is 104 cm³/mol. The summed E-state index contributed by atoms with van der Waals surface area (Å²) in [5.74, 6) is -0.367. The van der Waals surface area contributed by atoms with E-state index in [0.717, 1.165) is 16.7 Å². The Balaban J connectivity index is 0.00000163. The molecule has 0 fully saturated rings. The highest BCUT2D eigenvalue weighted by Crippen LogP contribution is 2.16. The number of rotatable bonds is 6. The van der Waals surface area contributed by atoms with E-state index in [-0.39, 0.29) is 23.5 Å². The molecule has 0 aliphatic rings. The topological polar surface area (TPSA) is 46.2 Å². The minimum Gasteiger partial charge on any atom is -0.346 e. The normalized spacial score (nSPS) is 11.2. The Bertz CT molecular complexity index is 738. The van der Waals surface area contributed by atoms with E-state index in [4.69, 9.17) is 0 Å². The van der Waals surface area contributed by atoms with E-state index in [2.05, 4.69) is 5.32 Å². The second-order valence-electron chi connectivity index (χ2n) is 5.96. The molecule has 26 heavy (non-hydrogen) atoms. The van der Waals surface area contributed by atoms with E-state index in [9.17, 15) is 14.0 Å². The van der Waals surface area contributed by atoms with Crippen molar-refractivity contribution in [3.05, 3.63) is 70.5 Å². The summed E-state index contributed by atoms with van der Waals surface area (Å²) >= 11 is 0. The molecular formula is C22H28FNO2. The molecule has 3 nitrogen and oxygen atoms in total. The van der Waals surface area contributed by atoms with Crippen LogP contribution < -0.4 is 5.32 Å². The van der Waals surface area contributed by atoms with Gasteiger partial charge in [0.15, 0.2) is 0 Å². The van der Waals surface area contributed by atoms with E-state index in [1.807, 2.05) is 40.7 Å². The maximum Gasteiger partial charge on any atom is 0.251 e. The number of Topliss-reactive ketones (excluding diaryl/α,β-unsaturated/α-hetero) is 1. The first kappa shape index (κ1) is 21.6. The Morgan fingerprint density at radius 1 is 1.08 bits per heavy atom. The lowest BCUT2D eigenvalue weighted by atomic mass is 9.99. The van der Waals surface area contributed by atoms with Crippen LogP contribution in [0.25, 0.3) is 0 Å². The molecule has 2 aromatic rings. The fourth-order valence-corrected chi connectivity index (χ4v) is 2.46. The number of benzene rings is 2. The second kappa shape index (κ2) is 10.5. The van der Waals surface area contributed by atoms with Crippen molar-refractivity contribution in [2.75, 3.05) is 0 Å². The SMILES string of the molecule is CC.CCC(=O)Cc1cc(C(=O)NC(C)c2ccc(F)cc2)ccc1C. The first-order valence-electron chi connectivity index (χ1n) is 9.08. The predicted octanol–water partition coefficient (Wildman–Crippen LogP) is 5.17. The molecule has 0 radical (unpaired) electrons. The van der Waals surface area contributed by atoms with Crippen LogP contribution in [-0.2, 0) is 11.2 Å². The van der Waals surface area contributed by atoms with Crippen LogP contribution >= 0.6 is 0 Å². The lowest BCUT2D eigenvalue weighted by Crippen LogP contribution is -2.26. The smallest absolute Gasteiger partial charge is 0.251 e. The summed E-state index contributed by atoms with van der Waals surface area (Å²) in [4.78, 5) is 24.1. The molecule has 0 heterocycles. The van der Waals surface area contributed by atoms with Gasteiger partial charge in [-0.1, -0.05) is 39.0 Å². The molecule has 0 aliphatic carbocycles. The highest BCUT2D eigenvalue weighted by Gasteiger charge is 2.13. The van der Waals surface area contributed by atoms with Crippen molar-refractivity contribution >= 4 is 11.7 Å². The lowest BCUT2D eigenvalue weighted by molar-refractivity contribution is -0.118. The number of ketones is 1. The summed E-state index contributed by atoms with van der Waals surface area (Å²) in [5.41, 5.74) is 3.23. The first-order chi connectivity index (χ1) is 12.4. The second-order valence-corrected chi connectivity index (χ2v) is 5.96. The van der Waals surface area contributed by atoms with Gasteiger partial charge in [-0.3, -0.25) is 9.59 Å². The van der Waals surface area contributed by atoms with Crippen LogP contribution in [0.5, 0.6) is 0 Å². The van der Waals surface area contributed by atoms with Gasteiger partial charge in [0, 0.05) is 18.4 Å². The number of nitrogens with one attached hydrogen (secondary N) is 1. The molecule has 0 bridgehead atoms. The van der Waals surface area contributed by atoms with Crippen molar-refractivity contribution in [3.63, 3.8) is 0 Å². The molecule has 140 valence electrons. The third-order valence-electron chi connectivity index (χ3n) is 4.11. The lowest BCUT2D eigenvalue weighted by Gasteiger charge is -2.15. The zero-order valence-corrected chi connectivity index (χ0v) is 16.2. The fraction of sp³-hybridized carbons (Fsp3) is 0.364. The average Bonchev–Trinajstić information content (AvgIpc) is 2.65. The molecule has 1 unspecified atom stereocenters. The molecule has 1 N–H and O–H groups in total. The van der Waals surface area contributed by atoms with Crippen molar-refractivity contribution in [2.45, 2.75) is 53.5 Å². The summed E-state index contributed by atoms with van der Waals surface area (Å²) in [6, 6.07) is 11.2. The first-order valence-corrected chi connectivity index (χ1v) is 9.08. The van der Waals surface area contributed by atoms with E-state index in [0.29, 0.717) is 18.4 Å². The number of hydrogen-bond acceptors (Lipinski definition) is 2. The summed E-state index contributed by atoms with van der Waals surface area (Å²) in [6.07, 6.45) is 0.828. The monoisotopic (exact) mass is 357 g/mol. The molecule has 0 aliphatic heterocycles. The van der Waals surface area contributed by atoms with Gasteiger partial charge in [0.1, 0.15) is 11.6 Å². The van der Waals surface area contributed by atoms with Gasteiger partial charge in [-0.25, -0.2) is 4.39 Å². The van der Waals surface area contributed by atoms with Gasteiger partial charge in [0.2, 0.25) is 0 Å². The Kier molecular flexibility index (Phi) is 8.70. The maximum atomic E-state index is 13.0. The summed E-state index contributed by atoms with van der Waals surface area (Å²) in [7, 11) is 0. The van der Waals surface area contributed by atoms with Crippen molar-refractivity contribution in [3.8, 4) is 0 Å². The van der Waals surface area contributed by atoms with Crippen LogP contribution in [0, 0.1) is 12.7 Å². The Morgan fingerprint density at radius 2 is 1.69 bits per heavy atom. The van der Waals surface area contributed by atoms with Crippen molar-refractivity contribution in [1.82, 2.24) is 5.32 Å². The number of hydrogen-bond donors (Lipinski definition) is 1. The molecule has 0 saturated carbocycles. The summed E-state index contributed by atoms with van der Waals surface area (Å²) in [5, 5.41) is 2.90. The van der Waals surface area contributed by atoms with Gasteiger partial charge >= 0.3 is 0 Å². The average molecular weight is 357 g/mol. The van der Waals surface area contributed by atoms with E-state index in [1.165, 1.54) is 12.1 Å². The van der Waals surface area contributed by atoms with Crippen molar-refractivity contribution in [2.24, 2.45) is 0 Å². The fourth-order valence-electron chi connectivity index (χ4n) is 2.46. The maximum absolute atomic E-state index is 13.0. The van der Waals surface area contributed by atoms with Gasteiger partial charge in [0.05, 0.1) is 6.04 Å². The zero-order valence-electron chi connectivity index (χ0n) is 16.2. The van der Waals surface area contributed by atoms with Crippen LogP contribution in [-0.4, -0.2) is 11.7 Å². The Morgan fingerprint density at radius 3 is 2.27 bits per heavy atom. The number of carbonyl (C=O) groups excluding carboxylic acids is 2. The van der Waals surface area contributed by atoms with E-state index in [1.54, 1.807) is 24.3 Å². The van der Waals surface area contributed by atoms with Gasteiger partial charge < -0.3 is 5.32 Å². The molecule has 1 atom stereocenters. The summed E-state index contributed by atoms with van der Waals surface area (Å²) < 4.78 is 13.0. The number of halogens is 1. The van der Waals surface area contributed by atoms with Crippen LogP contribution in [0.15, 0.2) is 42.5 Å². The van der Waals surface area contributed by atoms with Crippen molar-refractivity contribution in [1.29, 1.82) is 0 Å². The van der Waals surface area contributed by atoms with Gasteiger partial charge in [-0.2, -0.15) is 0 Å². The highest BCUT2D eigenvalue weighted by molar-refractivity contribution is 5.95. The number of aryl methyl sites for hydroxylation is 1. The quantitative estimate of drug-likeness (QED) is 0.775. The van der Waals surface area contributed by atoms with Crippen LogP contribution in [0.3, 0.4) is 0 Å². The zero-order chi connectivity index (χ0) is 19.7. The van der Waals surface area contributed by atoms with Crippen LogP contribution in [0.1, 0.15) is 67.2 Å². The van der Waals surface area contributed by atoms with E-state index < -0.39 is 0 Å². The summed E-state index contributed by atoms with van der Waals surface area (Å²) in [6.45, 7) is 9.61. The number of amides is 1. The number of carbonyl (C=O) groups is 2. The highest BCUT2D eigenvalue weighted by atomic mass is 19.1.